The topological polar surface area (TPSA) is 17.1 Å². The predicted octanol–water partition coefficient (Wildman–Crippen LogP) is 4.71. The van der Waals surface area contributed by atoms with Crippen molar-refractivity contribution in [1.82, 2.24) is 0 Å². The lowest BCUT2D eigenvalue weighted by Crippen LogP contribution is -2.06. The van der Waals surface area contributed by atoms with Crippen LogP contribution in [-0.2, 0) is 4.79 Å². The van der Waals surface area contributed by atoms with Crippen molar-refractivity contribution in [2.45, 2.75) is 56.1 Å². The molecule has 1 unspecified atom stereocenters. The Balaban J connectivity index is 2.25. The standard InChI is InChI=1S/C15H22OS/c1-3-4-6-9-14(16)12-13(2)17-15-10-7-5-8-11-15/h5,7-8,10-11,13H,3-4,6,9,12H2,1-2H3. The molecule has 0 aliphatic heterocycles. The maximum absolute atomic E-state index is 11.7. The molecule has 1 aromatic rings. The summed E-state index contributed by atoms with van der Waals surface area (Å²) in [5, 5.41) is 0.381. The second kappa shape index (κ2) is 8.35. The zero-order valence-electron chi connectivity index (χ0n) is 10.8. The normalized spacial score (nSPS) is 12.4. The zero-order valence-corrected chi connectivity index (χ0v) is 11.6. The Bertz CT molecular complexity index is 321. The Hall–Kier alpha value is -0.760. The summed E-state index contributed by atoms with van der Waals surface area (Å²) in [5.74, 6) is 0.411. The van der Waals surface area contributed by atoms with Crippen LogP contribution in [0.2, 0.25) is 0 Å². The molecule has 94 valence electrons. The van der Waals surface area contributed by atoms with E-state index in [2.05, 4.69) is 26.0 Å². The van der Waals surface area contributed by atoms with Crippen molar-refractivity contribution in [3.63, 3.8) is 0 Å². The van der Waals surface area contributed by atoms with Crippen molar-refractivity contribution >= 4 is 17.5 Å². The van der Waals surface area contributed by atoms with Crippen LogP contribution in [0.3, 0.4) is 0 Å². The van der Waals surface area contributed by atoms with Gasteiger partial charge >= 0.3 is 0 Å². The summed E-state index contributed by atoms with van der Waals surface area (Å²) >= 11 is 1.79. The SMILES string of the molecule is CCCCCC(=O)CC(C)Sc1ccccc1. The van der Waals surface area contributed by atoms with E-state index < -0.39 is 0 Å². The fourth-order valence-corrected chi connectivity index (χ4v) is 2.82. The van der Waals surface area contributed by atoms with Crippen LogP contribution in [0.4, 0.5) is 0 Å². The van der Waals surface area contributed by atoms with Crippen LogP contribution in [0.5, 0.6) is 0 Å². The molecule has 17 heavy (non-hydrogen) atoms. The van der Waals surface area contributed by atoms with Gasteiger partial charge in [-0.05, 0) is 18.6 Å². The molecule has 0 bridgehead atoms. The predicted molar refractivity (Wildman–Crippen MR) is 75.5 cm³/mol. The molecule has 1 nitrogen and oxygen atoms in total. The van der Waals surface area contributed by atoms with Gasteiger partial charge in [0.25, 0.3) is 0 Å². The minimum atomic E-state index is 0.381. The Kier molecular flexibility index (Phi) is 7.02. The van der Waals surface area contributed by atoms with Crippen molar-refractivity contribution in [3.05, 3.63) is 30.3 Å². The van der Waals surface area contributed by atoms with Gasteiger partial charge < -0.3 is 0 Å². The van der Waals surface area contributed by atoms with E-state index in [4.69, 9.17) is 0 Å². The number of carbonyl (C=O) groups is 1. The number of benzene rings is 1. The zero-order chi connectivity index (χ0) is 12.5. The third kappa shape index (κ3) is 6.52. The molecule has 1 rings (SSSR count). The lowest BCUT2D eigenvalue weighted by molar-refractivity contribution is -0.119. The molecule has 0 fully saturated rings. The number of carbonyl (C=O) groups excluding carboxylic acids is 1. The molecule has 2 heteroatoms. The molecule has 0 aromatic heterocycles. The third-order valence-corrected chi connectivity index (χ3v) is 3.77. The van der Waals surface area contributed by atoms with Crippen LogP contribution in [0.1, 0.15) is 46.0 Å². The smallest absolute Gasteiger partial charge is 0.134 e. The first-order valence-corrected chi connectivity index (χ1v) is 7.33. The minimum absolute atomic E-state index is 0.381. The molecule has 0 radical (unpaired) electrons. The van der Waals surface area contributed by atoms with E-state index in [-0.39, 0.29) is 0 Å². The van der Waals surface area contributed by atoms with E-state index >= 15 is 0 Å². The second-order valence-corrected chi connectivity index (χ2v) is 5.95. The van der Waals surface area contributed by atoms with Crippen molar-refractivity contribution in [2.75, 3.05) is 0 Å². The van der Waals surface area contributed by atoms with E-state index in [1.54, 1.807) is 11.8 Å². The summed E-state index contributed by atoms with van der Waals surface area (Å²) in [6, 6.07) is 10.3. The van der Waals surface area contributed by atoms with Crippen LogP contribution in [0.15, 0.2) is 35.2 Å². The third-order valence-electron chi connectivity index (χ3n) is 2.65. The molecule has 0 aliphatic carbocycles. The second-order valence-electron chi connectivity index (χ2n) is 4.44. The lowest BCUT2D eigenvalue weighted by atomic mass is 10.1. The van der Waals surface area contributed by atoms with Crippen molar-refractivity contribution in [1.29, 1.82) is 0 Å². The van der Waals surface area contributed by atoms with Gasteiger partial charge in [-0.25, -0.2) is 0 Å². The van der Waals surface area contributed by atoms with E-state index in [1.165, 1.54) is 17.7 Å². The average molecular weight is 250 g/mol. The Morgan fingerprint density at radius 1 is 1.24 bits per heavy atom. The van der Waals surface area contributed by atoms with Gasteiger partial charge in [0, 0.05) is 23.0 Å². The lowest BCUT2D eigenvalue weighted by Gasteiger charge is -2.10. The molecule has 0 saturated heterocycles. The van der Waals surface area contributed by atoms with Crippen molar-refractivity contribution in [2.24, 2.45) is 0 Å². The van der Waals surface area contributed by atoms with Gasteiger partial charge in [0.15, 0.2) is 0 Å². The fraction of sp³-hybridized carbons (Fsp3) is 0.533. The number of thioether (sulfide) groups is 1. The number of hydrogen-bond donors (Lipinski definition) is 0. The number of hydrogen-bond acceptors (Lipinski definition) is 2. The van der Waals surface area contributed by atoms with E-state index in [1.807, 2.05) is 18.2 Å². The first kappa shape index (κ1) is 14.3. The van der Waals surface area contributed by atoms with Crippen LogP contribution >= 0.6 is 11.8 Å². The largest absolute Gasteiger partial charge is 0.300 e. The van der Waals surface area contributed by atoms with Gasteiger partial charge in [-0.1, -0.05) is 44.9 Å². The van der Waals surface area contributed by atoms with Crippen molar-refractivity contribution in [3.8, 4) is 0 Å². The summed E-state index contributed by atoms with van der Waals surface area (Å²) in [6.45, 7) is 4.30. The summed E-state index contributed by atoms with van der Waals surface area (Å²) in [5.41, 5.74) is 0. The maximum atomic E-state index is 11.7. The summed E-state index contributed by atoms with van der Waals surface area (Å²) in [4.78, 5) is 13.0. The minimum Gasteiger partial charge on any atom is -0.300 e. The van der Waals surface area contributed by atoms with Crippen molar-refractivity contribution < 1.29 is 4.79 Å². The molecule has 0 heterocycles. The molecule has 0 aliphatic rings. The summed E-state index contributed by atoms with van der Waals surface area (Å²) in [6.07, 6.45) is 4.86. The number of unbranched alkanes of at least 4 members (excludes halogenated alkanes) is 2. The molecule has 0 saturated carbocycles. The van der Waals surface area contributed by atoms with E-state index in [0.717, 1.165) is 12.8 Å². The van der Waals surface area contributed by atoms with Crippen LogP contribution in [0, 0.1) is 0 Å². The monoisotopic (exact) mass is 250 g/mol. The highest BCUT2D eigenvalue weighted by Gasteiger charge is 2.09. The highest BCUT2D eigenvalue weighted by molar-refractivity contribution is 8.00. The van der Waals surface area contributed by atoms with Gasteiger partial charge in [-0.15, -0.1) is 11.8 Å². The first-order chi connectivity index (χ1) is 8.22. The van der Waals surface area contributed by atoms with E-state index in [0.29, 0.717) is 17.5 Å². The molecule has 0 N–H and O–H groups in total. The van der Waals surface area contributed by atoms with Gasteiger partial charge in [0.2, 0.25) is 0 Å². The highest BCUT2D eigenvalue weighted by Crippen LogP contribution is 2.25. The van der Waals surface area contributed by atoms with Gasteiger partial charge in [-0.2, -0.15) is 0 Å². The van der Waals surface area contributed by atoms with Gasteiger partial charge in [0.1, 0.15) is 5.78 Å². The van der Waals surface area contributed by atoms with Crippen LogP contribution in [0.25, 0.3) is 0 Å². The summed E-state index contributed by atoms with van der Waals surface area (Å²) < 4.78 is 0. The highest BCUT2D eigenvalue weighted by atomic mass is 32.2. The maximum Gasteiger partial charge on any atom is 0.134 e. The van der Waals surface area contributed by atoms with Gasteiger partial charge in [-0.3, -0.25) is 4.79 Å². The van der Waals surface area contributed by atoms with Crippen LogP contribution < -0.4 is 0 Å². The van der Waals surface area contributed by atoms with Crippen LogP contribution in [-0.4, -0.2) is 11.0 Å². The van der Waals surface area contributed by atoms with Gasteiger partial charge in [0.05, 0.1) is 0 Å². The first-order valence-electron chi connectivity index (χ1n) is 6.45. The fourth-order valence-electron chi connectivity index (χ4n) is 1.77. The molecule has 1 atom stereocenters. The van der Waals surface area contributed by atoms with E-state index in [9.17, 15) is 4.79 Å². The molecule has 1 aromatic carbocycles. The molecular weight excluding hydrogens is 228 g/mol. The number of ketones is 1. The molecule has 0 amide bonds. The Labute approximate surface area is 109 Å². The Morgan fingerprint density at radius 2 is 1.94 bits per heavy atom. The number of Topliss-reactive ketones (excluding diaryl/α,β-unsaturated/α-hetero) is 1. The molecule has 0 spiro atoms. The quantitative estimate of drug-likeness (QED) is 0.491. The Morgan fingerprint density at radius 3 is 2.59 bits per heavy atom. The molecular formula is C15H22OS. The summed E-state index contributed by atoms with van der Waals surface area (Å²) in [7, 11) is 0. The number of rotatable bonds is 8. The average Bonchev–Trinajstić information content (AvgIpc) is 2.30.